The molecule has 142 valence electrons. The van der Waals surface area contributed by atoms with Crippen molar-refractivity contribution >= 4 is 17.5 Å². The van der Waals surface area contributed by atoms with E-state index < -0.39 is 11.7 Å². The smallest absolute Gasteiger partial charge is 0.370 e. The molecular formula is C17H18F3N7. The Morgan fingerprint density at radius 1 is 1.37 bits per heavy atom. The first-order valence-corrected chi connectivity index (χ1v) is 8.84. The third kappa shape index (κ3) is 3.54. The average molecular weight is 377 g/mol. The van der Waals surface area contributed by atoms with Gasteiger partial charge in [-0.3, -0.25) is 4.68 Å². The molecule has 2 saturated carbocycles. The van der Waals surface area contributed by atoms with Gasteiger partial charge < -0.3 is 10.6 Å². The fraction of sp³-hybridized carbons (Fsp3) is 0.529. The van der Waals surface area contributed by atoms with Crippen LogP contribution < -0.4 is 10.6 Å². The van der Waals surface area contributed by atoms with Gasteiger partial charge in [-0.05, 0) is 26.2 Å². The summed E-state index contributed by atoms with van der Waals surface area (Å²) < 4.78 is 41.1. The summed E-state index contributed by atoms with van der Waals surface area (Å²) in [6.45, 7) is 2.01. The minimum absolute atomic E-state index is 0.0347. The Kier molecular flexibility index (Phi) is 4.17. The molecule has 0 bridgehead atoms. The van der Waals surface area contributed by atoms with Crippen molar-refractivity contribution in [3.8, 4) is 6.07 Å². The third-order valence-corrected chi connectivity index (χ3v) is 4.67. The van der Waals surface area contributed by atoms with Gasteiger partial charge in [-0.2, -0.15) is 28.5 Å². The molecular weight excluding hydrogens is 359 g/mol. The molecule has 2 heterocycles. The average Bonchev–Trinajstić information content (AvgIpc) is 3.53. The highest BCUT2D eigenvalue weighted by Crippen LogP contribution is 2.47. The fourth-order valence-electron chi connectivity index (χ4n) is 3.01. The topological polar surface area (TPSA) is 91.5 Å². The molecule has 1 unspecified atom stereocenters. The maximum Gasteiger partial charge on any atom is 0.421 e. The van der Waals surface area contributed by atoms with Gasteiger partial charge in [-0.25, -0.2) is 4.98 Å². The second-order valence-electron chi connectivity index (χ2n) is 6.83. The fourth-order valence-corrected chi connectivity index (χ4v) is 3.01. The molecule has 0 aromatic carbocycles. The lowest BCUT2D eigenvalue weighted by atomic mass is 10.2. The Bertz CT molecular complexity index is 895. The number of nitrogens with one attached hydrogen (secondary N) is 2. The van der Waals surface area contributed by atoms with Crippen molar-refractivity contribution in [2.45, 2.75) is 44.3 Å². The second kappa shape index (κ2) is 6.40. The van der Waals surface area contributed by atoms with Crippen LogP contribution >= 0.6 is 0 Å². The lowest BCUT2D eigenvalue weighted by Gasteiger charge is -2.13. The molecule has 2 aromatic heterocycles. The summed E-state index contributed by atoms with van der Waals surface area (Å²) in [7, 11) is 0. The van der Waals surface area contributed by atoms with Gasteiger partial charge in [0.05, 0.1) is 29.4 Å². The molecule has 27 heavy (non-hydrogen) atoms. The van der Waals surface area contributed by atoms with Crippen molar-refractivity contribution in [1.82, 2.24) is 19.7 Å². The first-order valence-electron chi connectivity index (χ1n) is 8.84. The van der Waals surface area contributed by atoms with Crippen LogP contribution in [-0.2, 0) is 6.18 Å². The monoisotopic (exact) mass is 377 g/mol. The molecule has 0 saturated heterocycles. The highest BCUT2D eigenvalue weighted by Gasteiger charge is 2.41. The van der Waals surface area contributed by atoms with Gasteiger partial charge in [0, 0.05) is 24.9 Å². The summed E-state index contributed by atoms with van der Waals surface area (Å²) in [6, 6.07) is 2.30. The predicted octanol–water partition coefficient (Wildman–Crippen LogP) is 3.83. The Morgan fingerprint density at radius 3 is 2.74 bits per heavy atom. The maximum atomic E-state index is 13.1. The largest absolute Gasteiger partial charge is 0.421 e. The highest BCUT2D eigenvalue weighted by molar-refractivity contribution is 5.59. The van der Waals surface area contributed by atoms with E-state index in [4.69, 9.17) is 5.26 Å². The van der Waals surface area contributed by atoms with Crippen LogP contribution in [0.2, 0.25) is 0 Å². The maximum absolute atomic E-state index is 13.1. The first-order chi connectivity index (χ1) is 12.9. The summed E-state index contributed by atoms with van der Waals surface area (Å²) >= 11 is 0. The molecule has 2 aliphatic carbocycles. The van der Waals surface area contributed by atoms with Crippen molar-refractivity contribution in [2.75, 3.05) is 17.2 Å². The van der Waals surface area contributed by atoms with Crippen LogP contribution in [0.1, 0.15) is 49.4 Å². The van der Waals surface area contributed by atoms with E-state index in [1.54, 1.807) is 17.8 Å². The number of alkyl halides is 3. The summed E-state index contributed by atoms with van der Waals surface area (Å²) in [5.74, 6) is 0.117. The van der Waals surface area contributed by atoms with Gasteiger partial charge in [0.2, 0.25) is 5.95 Å². The van der Waals surface area contributed by atoms with Gasteiger partial charge in [-0.15, -0.1) is 0 Å². The minimum atomic E-state index is -4.53. The molecule has 7 nitrogen and oxygen atoms in total. The van der Waals surface area contributed by atoms with Crippen LogP contribution in [0, 0.1) is 17.2 Å². The molecule has 0 aliphatic heterocycles. The number of rotatable bonds is 6. The number of halogens is 3. The zero-order chi connectivity index (χ0) is 19.2. The lowest BCUT2D eigenvalue weighted by Crippen LogP contribution is -2.14. The molecule has 10 heteroatoms. The summed E-state index contributed by atoms with van der Waals surface area (Å²) in [4.78, 5) is 7.84. The number of hydrogen-bond donors (Lipinski definition) is 2. The zero-order valence-corrected chi connectivity index (χ0v) is 14.6. The Balaban J connectivity index is 1.62. The standard InChI is InChI=1S/C17H18F3N7/c1-2-22-15-11(17(18,19)20)7-23-16(25-15)24-12-8-27(13-5-10(13)6-21)26-14(12)9-3-4-9/h7-10,13H,2-5H2,1H3,(H2,22,23,24,25)/t10?,13-/m0/s1. The molecule has 2 aliphatic rings. The predicted molar refractivity (Wildman–Crippen MR) is 91.4 cm³/mol. The lowest BCUT2D eigenvalue weighted by molar-refractivity contribution is -0.137. The summed E-state index contributed by atoms with van der Waals surface area (Å²) in [5.41, 5.74) is 0.637. The SMILES string of the molecule is CCNc1nc(Nc2cn([C@H]3CC3C#N)nc2C2CC2)ncc1C(F)(F)F. The second-order valence-corrected chi connectivity index (χ2v) is 6.83. The van der Waals surface area contributed by atoms with Crippen molar-refractivity contribution in [3.05, 3.63) is 23.7 Å². The number of nitriles is 1. The van der Waals surface area contributed by atoms with Crippen LogP contribution in [-0.4, -0.2) is 26.3 Å². The van der Waals surface area contributed by atoms with E-state index in [-0.39, 0.29) is 23.7 Å². The third-order valence-electron chi connectivity index (χ3n) is 4.67. The van der Waals surface area contributed by atoms with Gasteiger partial charge >= 0.3 is 6.18 Å². The number of nitrogens with zero attached hydrogens (tertiary/aromatic N) is 5. The van der Waals surface area contributed by atoms with Crippen molar-refractivity contribution in [3.63, 3.8) is 0 Å². The Hall–Kier alpha value is -2.83. The summed E-state index contributed by atoms with van der Waals surface area (Å²) in [5, 5.41) is 19.3. The molecule has 4 rings (SSSR count). The zero-order valence-electron chi connectivity index (χ0n) is 14.6. The highest BCUT2D eigenvalue weighted by atomic mass is 19.4. The summed E-state index contributed by atoms with van der Waals surface area (Å²) in [6.07, 6.45) is 0.856. The van der Waals surface area contributed by atoms with Crippen LogP contribution in [0.15, 0.2) is 12.4 Å². The van der Waals surface area contributed by atoms with Crippen molar-refractivity contribution in [2.24, 2.45) is 5.92 Å². The van der Waals surface area contributed by atoms with Gasteiger partial charge in [0.15, 0.2) is 0 Å². The van der Waals surface area contributed by atoms with Gasteiger partial charge in [-0.1, -0.05) is 0 Å². The van der Waals surface area contributed by atoms with Gasteiger partial charge in [0.1, 0.15) is 11.4 Å². The van der Waals surface area contributed by atoms with Crippen molar-refractivity contribution < 1.29 is 13.2 Å². The van der Waals surface area contributed by atoms with E-state index in [0.29, 0.717) is 18.2 Å². The van der Waals surface area contributed by atoms with E-state index in [1.807, 2.05) is 0 Å². The number of anilines is 3. The van der Waals surface area contributed by atoms with E-state index in [2.05, 4.69) is 31.8 Å². The van der Waals surface area contributed by atoms with E-state index in [0.717, 1.165) is 31.2 Å². The Labute approximate surface area is 153 Å². The molecule has 2 atom stereocenters. The Morgan fingerprint density at radius 2 is 2.15 bits per heavy atom. The first kappa shape index (κ1) is 17.6. The van der Waals surface area contributed by atoms with E-state index >= 15 is 0 Å². The molecule has 0 radical (unpaired) electrons. The van der Waals surface area contributed by atoms with E-state index in [1.165, 1.54) is 0 Å². The molecule has 0 spiro atoms. The quantitative estimate of drug-likeness (QED) is 0.795. The van der Waals surface area contributed by atoms with Crippen LogP contribution in [0.5, 0.6) is 0 Å². The molecule has 2 aromatic rings. The molecule has 0 amide bonds. The normalized spacial score (nSPS) is 21.6. The van der Waals surface area contributed by atoms with Gasteiger partial charge in [0.25, 0.3) is 0 Å². The number of hydrogen-bond acceptors (Lipinski definition) is 6. The van der Waals surface area contributed by atoms with Crippen LogP contribution in [0.3, 0.4) is 0 Å². The minimum Gasteiger partial charge on any atom is -0.370 e. The van der Waals surface area contributed by atoms with Crippen LogP contribution in [0.25, 0.3) is 0 Å². The van der Waals surface area contributed by atoms with E-state index in [9.17, 15) is 13.2 Å². The molecule has 2 N–H and O–H groups in total. The number of aromatic nitrogens is 4. The van der Waals surface area contributed by atoms with Crippen LogP contribution in [0.4, 0.5) is 30.6 Å². The van der Waals surface area contributed by atoms with Crippen molar-refractivity contribution in [1.29, 1.82) is 5.26 Å². The molecule has 2 fully saturated rings.